The van der Waals surface area contributed by atoms with E-state index in [0.29, 0.717) is 48.6 Å². The number of aryl methyl sites for hydroxylation is 1. The van der Waals surface area contributed by atoms with Crippen molar-refractivity contribution in [2.24, 2.45) is 0 Å². The van der Waals surface area contributed by atoms with Gasteiger partial charge in [0.1, 0.15) is 0 Å². The number of carbonyl (C=O) groups is 2. The molecule has 0 aliphatic heterocycles. The zero-order valence-electron chi connectivity index (χ0n) is 23.3. The average Bonchev–Trinajstić information content (AvgIpc) is 3.19. The zero-order valence-corrected chi connectivity index (χ0v) is 23.3. The van der Waals surface area contributed by atoms with Gasteiger partial charge in [-0.2, -0.15) is 0 Å². The highest BCUT2D eigenvalue weighted by molar-refractivity contribution is 5.84. The van der Waals surface area contributed by atoms with Crippen LogP contribution in [0.25, 0.3) is 11.1 Å². The molecule has 9 heteroatoms. The van der Waals surface area contributed by atoms with Crippen LogP contribution < -0.4 is 35.6 Å². The van der Waals surface area contributed by atoms with E-state index >= 15 is 0 Å². The molecule has 40 heavy (non-hydrogen) atoms. The van der Waals surface area contributed by atoms with Gasteiger partial charge in [0.2, 0.25) is 23.0 Å². The second-order valence-electron chi connectivity index (χ2n) is 9.53. The number of rotatable bonds is 10. The molecule has 0 saturated heterocycles. The Bertz CT molecular complexity index is 1440. The van der Waals surface area contributed by atoms with Crippen LogP contribution >= 0.6 is 0 Å². The van der Waals surface area contributed by atoms with Crippen LogP contribution in [0.2, 0.25) is 0 Å². The van der Waals surface area contributed by atoms with Crippen molar-refractivity contribution >= 4 is 17.5 Å². The Morgan fingerprint density at radius 1 is 0.950 bits per heavy atom. The fraction of sp³-hybridized carbons (Fsp3) is 0.323. The summed E-state index contributed by atoms with van der Waals surface area (Å²) < 4.78 is 17.0. The fourth-order valence-electron chi connectivity index (χ4n) is 5.08. The van der Waals surface area contributed by atoms with E-state index in [4.69, 9.17) is 14.2 Å². The highest BCUT2D eigenvalue weighted by Crippen LogP contribution is 2.50. The molecule has 0 spiro atoms. The number of methoxy groups -OCH3 is 3. The summed E-state index contributed by atoms with van der Waals surface area (Å²) in [5.74, 6) is 1.03. The Labute approximate surface area is 233 Å². The quantitative estimate of drug-likeness (QED) is 0.356. The first-order chi connectivity index (χ1) is 19.4. The van der Waals surface area contributed by atoms with E-state index in [1.54, 1.807) is 20.3 Å². The lowest BCUT2D eigenvalue weighted by atomic mass is 9.95. The largest absolute Gasteiger partial charge is 0.493 e. The molecule has 0 aromatic heterocycles. The summed E-state index contributed by atoms with van der Waals surface area (Å²) in [7, 11) is 4.66. The predicted molar refractivity (Wildman–Crippen MR) is 154 cm³/mol. The third-order valence-electron chi connectivity index (χ3n) is 6.93. The van der Waals surface area contributed by atoms with Gasteiger partial charge in [-0.25, -0.2) is 0 Å². The van der Waals surface area contributed by atoms with Crippen LogP contribution in [0.3, 0.4) is 0 Å². The van der Waals surface area contributed by atoms with E-state index in [-0.39, 0.29) is 29.5 Å². The molecule has 4 rings (SSSR count). The molecule has 1 atom stereocenters. The topological polar surface area (TPSA) is 115 Å². The molecule has 0 saturated carbocycles. The lowest BCUT2D eigenvalue weighted by Gasteiger charge is -2.19. The van der Waals surface area contributed by atoms with E-state index in [1.165, 1.54) is 20.1 Å². The van der Waals surface area contributed by atoms with Crippen LogP contribution in [0, 0.1) is 0 Å². The van der Waals surface area contributed by atoms with Crippen molar-refractivity contribution in [3.05, 3.63) is 81.5 Å². The molecule has 3 aromatic rings. The number of fused-ring (bicyclic) bond motifs is 3. The first-order valence-corrected chi connectivity index (χ1v) is 13.2. The molecule has 0 radical (unpaired) electrons. The lowest BCUT2D eigenvalue weighted by molar-refractivity contribution is -0.120. The van der Waals surface area contributed by atoms with E-state index in [9.17, 15) is 14.4 Å². The van der Waals surface area contributed by atoms with E-state index in [1.807, 2.05) is 42.5 Å². The van der Waals surface area contributed by atoms with Crippen molar-refractivity contribution in [1.82, 2.24) is 10.6 Å². The number of nitrogens with one attached hydrogen (secondary N) is 3. The van der Waals surface area contributed by atoms with Crippen molar-refractivity contribution in [3.8, 4) is 28.4 Å². The van der Waals surface area contributed by atoms with Crippen LogP contribution in [0.15, 0.2) is 59.4 Å². The summed E-state index contributed by atoms with van der Waals surface area (Å²) in [4.78, 5) is 37.9. The maximum absolute atomic E-state index is 13.4. The number of hydrogen-bond acceptors (Lipinski definition) is 7. The molecule has 0 fully saturated rings. The molecule has 1 aliphatic carbocycles. The number of anilines is 1. The molecular weight excluding hydrogens is 510 g/mol. The molecule has 0 bridgehead atoms. The van der Waals surface area contributed by atoms with Gasteiger partial charge in [-0.15, -0.1) is 0 Å². The monoisotopic (exact) mass is 545 g/mol. The summed E-state index contributed by atoms with van der Waals surface area (Å²) in [6.45, 7) is 1.89. The summed E-state index contributed by atoms with van der Waals surface area (Å²) >= 11 is 0. The summed E-state index contributed by atoms with van der Waals surface area (Å²) in [6, 6.07) is 16.4. The average molecular weight is 546 g/mol. The SMILES string of the molecule is COc1cc2c(c(OC)c1OC)-c1ccc(NCC(=O)NCCc3ccccc3)c(=O)cc1[C@@H](NC(C)=O)CC2. The van der Waals surface area contributed by atoms with E-state index in [2.05, 4.69) is 16.0 Å². The molecule has 3 aromatic carbocycles. The Kier molecular flexibility index (Phi) is 9.27. The van der Waals surface area contributed by atoms with Crippen LogP contribution in [0.4, 0.5) is 5.69 Å². The Morgan fingerprint density at radius 3 is 2.38 bits per heavy atom. The minimum Gasteiger partial charge on any atom is -0.493 e. The first-order valence-electron chi connectivity index (χ1n) is 13.2. The normalized spacial score (nSPS) is 13.7. The van der Waals surface area contributed by atoms with Gasteiger partial charge < -0.3 is 30.2 Å². The number of amides is 2. The Hall–Kier alpha value is -4.53. The predicted octanol–water partition coefficient (Wildman–Crippen LogP) is 3.63. The van der Waals surface area contributed by atoms with Crippen molar-refractivity contribution in [2.45, 2.75) is 32.2 Å². The molecule has 0 unspecified atom stereocenters. The second-order valence-corrected chi connectivity index (χ2v) is 9.53. The van der Waals surface area contributed by atoms with Gasteiger partial charge in [0.15, 0.2) is 11.5 Å². The highest BCUT2D eigenvalue weighted by Gasteiger charge is 2.29. The van der Waals surface area contributed by atoms with E-state index < -0.39 is 6.04 Å². The number of hydrogen-bond donors (Lipinski definition) is 3. The van der Waals surface area contributed by atoms with Gasteiger partial charge in [-0.05, 0) is 59.7 Å². The maximum atomic E-state index is 13.4. The van der Waals surface area contributed by atoms with Gasteiger partial charge in [0, 0.05) is 19.0 Å². The van der Waals surface area contributed by atoms with Gasteiger partial charge in [-0.1, -0.05) is 36.4 Å². The molecule has 0 heterocycles. The third kappa shape index (κ3) is 6.36. The number of carbonyl (C=O) groups excluding carboxylic acids is 2. The van der Waals surface area contributed by atoms with Crippen molar-refractivity contribution in [1.29, 1.82) is 0 Å². The Morgan fingerprint density at radius 2 is 1.70 bits per heavy atom. The van der Waals surface area contributed by atoms with Gasteiger partial charge in [0.05, 0.1) is 39.6 Å². The summed E-state index contributed by atoms with van der Waals surface area (Å²) in [5, 5.41) is 8.85. The van der Waals surface area contributed by atoms with Crippen molar-refractivity contribution in [2.75, 3.05) is 39.7 Å². The number of benzene rings is 2. The second kappa shape index (κ2) is 13.0. The summed E-state index contributed by atoms with van der Waals surface area (Å²) in [5.41, 5.74) is 4.20. The lowest BCUT2D eigenvalue weighted by Crippen LogP contribution is -2.32. The standard InChI is InChI=1S/C31H35N3O6/c1-19(35)34-24-12-10-21-16-27(38-2)30(39-3)31(40-4)29(21)22-11-13-25(26(36)17-23(22)24)33-18-28(37)32-15-14-20-8-6-5-7-9-20/h5-9,11,13,16-17,24H,10,12,14-15,18H2,1-4H3,(H,32,37)(H,33,36)(H,34,35)/t24-/m0/s1. The molecule has 1 aliphatic rings. The van der Waals surface area contributed by atoms with Crippen molar-refractivity contribution < 1.29 is 23.8 Å². The van der Waals surface area contributed by atoms with Gasteiger partial charge >= 0.3 is 0 Å². The van der Waals surface area contributed by atoms with Gasteiger partial charge in [0.25, 0.3) is 0 Å². The molecule has 9 nitrogen and oxygen atoms in total. The zero-order chi connectivity index (χ0) is 28.6. The smallest absolute Gasteiger partial charge is 0.239 e. The number of ether oxygens (including phenoxy) is 3. The molecule has 2 amide bonds. The summed E-state index contributed by atoms with van der Waals surface area (Å²) in [6.07, 6.45) is 1.89. The minimum absolute atomic E-state index is 0.0568. The Balaban J connectivity index is 1.67. The van der Waals surface area contributed by atoms with Crippen LogP contribution in [-0.2, 0) is 22.4 Å². The van der Waals surface area contributed by atoms with Crippen molar-refractivity contribution in [3.63, 3.8) is 0 Å². The van der Waals surface area contributed by atoms with Crippen LogP contribution in [-0.4, -0.2) is 46.2 Å². The molecular formula is C31H35N3O6. The fourth-order valence-corrected chi connectivity index (χ4v) is 5.08. The molecule has 3 N–H and O–H groups in total. The van der Waals surface area contributed by atoms with Crippen LogP contribution in [0.5, 0.6) is 17.2 Å². The minimum atomic E-state index is -0.407. The van der Waals surface area contributed by atoms with Gasteiger partial charge in [-0.3, -0.25) is 14.4 Å². The molecule has 210 valence electrons. The highest BCUT2D eigenvalue weighted by atomic mass is 16.5. The van der Waals surface area contributed by atoms with Crippen LogP contribution in [0.1, 0.15) is 36.1 Å². The maximum Gasteiger partial charge on any atom is 0.239 e. The first kappa shape index (κ1) is 28.5. The van der Waals surface area contributed by atoms with E-state index in [0.717, 1.165) is 22.3 Å². The third-order valence-corrected chi connectivity index (χ3v) is 6.93.